The molecule has 1 aromatic rings. The SMILES string of the molecule is CCOC(=O)CCc1cc(C(=O)CCCC(=O)O)ccc1OC. The van der Waals surface area contributed by atoms with E-state index in [0.717, 1.165) is 5.56 Å². The second kappa shape index (κ2) is 9.61. The van der Waals surface area contributed by atoms with Gasteiger partial charge in [-0.2, -0.15) is 0 Å². The molecule has 1 N–H and O–H groups in total. The van der Waals surface area contributed by atoms with Crippen LogP contribution in [0, 0.1) is 0 Å². The van der Waals surface area contributed by atoms with Crippen LogP contribution < -0.4 is 4.74 Å². The van der Waals surface area contributed by atoms with Crippen LogP contribution in [0.15, 0.2) is 18.2 Å². The van der Waals surface area contributed by atoms with Crippen LogP contribution in [0.4, 0.5) is 0 Å². The Morgan fingerprint density at radius 1 is 1.13 bits per heavy atom. The number of aryl methyl sites for hydroxylation is 1. The van der Waals surface area contributed by atoms with Crippen molar-refractivity contribution in [1.29, 1.82) is 0 Å². The molecular weight excluding hydrogens is 300 g/mol. The summed E-state index contributed by atoms with van der Waals surface area (Å²) in [6, 6.07) is 5.03. The quantitative estimate of drug-likeness (QED) is 0.526. The summed E-state index contributed by atoms with van der Waals surface area (Å²) in [6.45, 7) is 2.08. The predicted molar refractivity (Wildman–Crippen MR) is 83.8 cm³/mol. The summed E-state index contributed by atoms with van der Waals surface area (Å²) in [4.78, 5) is 34.0. The maximum absolute atomic E-state index is 12.1. The Morgan fingerprint density at radius 2 is 1.87 bits per heavy atom. The van der Waals surface area contributed by atoms with Crippen LogP contribution in [-0.4, -0.2) is 36.5 Å². The van der Waals surface area contributed by atoms with Gasteiger partial charge in [0.15, 0.2) is 5.78 Å². The molecule has 0 aliphatic carbocycles. The van der Waals surface area contributed by atoms with Crippen LogP contribution >= 0.6 is 0 Å². The van der Waals surface area contributed by atoms with E-state index in [1.807, 2.05) is 0 Å². The molecule has 0 bridgehead atoms. The summed E-state index contributed by atoms with van der Waals surface area (Å²) < 4.78 is 10.1. The molecule has 23 heavy (non-hydrogen) atoms. The zero-order valence-electron chi connectivity index (χ0n) is 13.5. The molecule has 1 rings (SSSR count). The number of carbonyl (C=O) groups excluding carboxylic acids is 2. The summed E-state index contributed by atoms with van der Waals surface area (Å²) in [5.41, 5.74) is 1.25. The van der Waals surface area contributed by atoms with E-state index in [4.69, 9.17) is 14.6 Å². The Morgan fingerprint density at radius 3 is 2.48 bits per heavy atom. The van der Waals surface area contributed by atoms with Crippen molar-refractivity contribution in [1.82, 2.24) is 0 Å². The number of Topliss-reactive ketones (excluding diaryl/α,β-unsaturated/α-hetero) is 1. The molecule has 0 aliphatic heterocycles. The van der Waals surface area contributed by atoms with Gasteiger partial charge in [0, 0.05) is 24.8 Å². The monoisotopic (exact) mass is 322 g/mol. The van der Waals surface area contributed by atoms with Gasteiger partial charge in [0.25, 0.3) is 0 Å². The van der Waals surface area contributed by atoms with Gasteiger partial charge < -0.3 is 14.6 Å². The van der Waals surface area contributed by atoms with Crippen molar-refractivity contribution in [2.75, 3.05) is 13.7 Å². The van der Waals surface area contributed by atoms with Gasteiger partial charge in [-0.3, -0.25) is 14.4 Å². The molecule has 0 saturated carbocycles. The van der Waals surface area contributed by atoms with E-state index in [1.165, 1.54) is 7.11 Å². The molecule has 6 nitrogen and oxygen atoms in total. The zero-order chi connectivity index (χ0) is 17.2. The third kappa shape index (κ3) is 6.50. The number of benzene rings is 1. The fraction of sp³-hybridized carbons (Fsp3) is 0.471. The summed E-state index contributed by atoms with van der Waals surface area (Å²) in [5.74, 6) is -0.724. The molecule has 6 heteroatoms. The molecule has 0 spiro atoms. The molecule has 0 atom stereocenters. The van der Waals surface area contributed by atoms with Gasteiger partial charge in [-0.05, 0) is 43.5 Å². The number of ketones is 1. The number of esters is 1. The van der Waals surface area contributed by atoms with Crippen LogP contribution in [0.3, 0.4) is 0 Å². The Kier molecular flexibility index (Phi) is 7.80. The zero-order valence-corrected chi connectivity index (χ0v) is 13.5. The Hall–Kier alpha value is -2.37. The lowest BCUT2D eigenvalue weighted by Gasteiger charge is -2.10. The summed E-state index contributed by atoms with van der Waals surface area (Å²) in [6.07, 6.45) is 1.07. The van der Waals surface area contributed by atoms with E-state index in [2.05, 4.69) is 0 Å². The molecule has 0 amide bonds. The number of carboxylic acid groups (broad SMARTS) is 1. The number of rotatable bonds is 10. The lowest BCUT2D eigenvalue weighted by molar-refractivity contribution is -0.143. The largest absolute Gasteiger partial charge is 0.496 e. The second-order valence-electron chi connectivity index (χ2n) is 5.00. The molecule has 1 aromatic carbocycles. The van der Waals surface area contributed by atoms with Crippen molar-refractivity contribution in [2.45, 2.75) is 39.0 Å². The lowest BCUT2D eigenvalue weighted by Crippen LogP contribution is -2.07. The van der Waals surface area contributed by atoms with Crippen LogP contribution in [0.25, 0.3) is 0 Å². The van der Waals surface area contributed by atoms with Crippen molar-refractivity contribution in [3.8, 4) is 5.75 Å². The van der Waals surface area contributed by atoms with Crippen molar-refractivity contribution in [3.63, 3.8) is 0 Å². The highest BCUT2D eigenvalue weighted by molar-refractivity contribution is 5.96. The van der Waals surface area contributed by atoms with E-state index < -0.39 is 5.97 Å². The third-order valence-corrected chi connectivity index (χ3v) is 3.30. The first-order valence-corrected chi connectivity index (χ1v) is 7.55. The maximum atomic E-state index is 12.1. The Labute approximate surface area is 135 Å². The Balaban J connectivity index is 2.75. The minimum atomic E-state index is -0.914. The van der Waals surface area contributed by atoms with Gasteiger partial charge in [-0.15, -0.1) is 0 Å². The van der Waals surface area contributed by atoms with Gasteiger partial charge >= 0.3 is 11.9 Å². The van der Waals surface area contributed by atoms with Gasteiger partial charge in [0.2, 0.25) is 0 Å². The number of aliphatic carboxylic acids is 1. The van der Waals surface area contributed by atoms with Gasteiger partial charge in [-0.25, -0.2) is 0 Å². The Bertz CT molecular complexity index is 564. The lowest BCUT2D eigenvalue weighted by atomic mass is 10.00. The topological polar surface area (TPSA) is 89.9 Å². The third-order valence-electron chi connectivity index (χ3n) is 3.30. The number of hydrogen-bond acceptors (Lipinski definition) is 5. The minimum Gasteiger partial charge on any atom is -0.496 e. The highest BCUT2D eigenvalue weighted by Gasteiger charge is 2.12. The highest BCUT2D eigenvalue weighted by Crippen LogP contribution is 2.22. The molecule has 0 radical (unpaired) electrons. The smallest absolute Gasteiger partial charge is 0.306 e. The van der Waals surface area contributed by atoms with E-state index in [9.17, 15) is 14.4 Å². The van der Waals surface area contributed by atoms with Crippen molar-refractivity contribution < 1.29 is 29.0 Å². The average molecular weight is 322 g/mol. The first-order valence-electron chi connectivity index (χ1n) is 7.55. The van der Waals surface area contributed by atoms with Crippen molar-refractivity contribution in [3.05, 3.63) is 29.3 Å². The molecule has 126 valence electrons. The first-order chi connectivity index (χ1) is 11.0. The second-order valence-corrected chi connectivity index (χ2v) is 5.00. The fourth-order valence-corrected chi connectivity index (χ4v) is 2.16. The van der Waals surface area contributed by atoms with E-state index >= 15 is 0 Å². The molecular formula is C17H22O6. The normalized spacial score (nSPS) is 10.2. The molecule has 0 aromatic heterocycles. The summed E-state index contributed by atoms with van der Waals surface area (Å²) >= 11 is 0. The van der Waals surface area contributed by atoms with Gasteiger partial charge in [0.1, 0.15) is 5.75 Å². The standard InChI is InChI=1S/C17H22O6/c1-3-23-17(21)10-8-13-11-12(7-9-15(13)22-2)14(18)5-4-6-16(19)20/h7,9,11H,3-6,8,10H2,1-2H3,(H,19,20). The van der Waals surface area contributed by atoms with Gasteiger partial charge in [0.05, 0.1) is 13.7 Å². The first kappa shape index (κ1) is 18.7. The van der Waals surface area contributed by atoms with E-state index in [-0.39, 0.29) is 31.0 Å². The number of methoxy groups -OCH3 is 1. The summed E-state index contributed by atoms with van der Waals surface area (Å²) in [7, 11) is 1.53. The maximum Gasteiger partial charge on any atom is 0.306 e. The molecule has 0 aliphatic rings. The van der Waals surface area contributed by atoms with E-state index in [0.29, 0.717) is 30.8 Å². The number of ether oxygens (including phenoxy) is 2. The van der Waals surface area contributed by atoms with Crippen LogP contribution in [0.2, 0.25) is 0 Å². The van der Waals surface area contributed by atoms with Crippen molar-refractivity contribution in [2.24, 2.45) is 0 Å². The average Bonchev–Trinajstić information content (AvgIpc) is 2.52. The number of carboxylic acids is 1. The van der Waals surface area contributed by atoms with Crippen LogP contribution in [-0.2, 0) is 20.7 Å². The van der Waals surface area contributed by atoms with Crippen molar-refractivity contribution >= 4 is 17.7 Å². The molecule has 0 heterocycles. The van der Waals surface area contributed by atoms with Gasteiger partial charge in [-0.1, -0.05) is 0 Å². The fourth-order valence-electron chi connectivity index (χ4n) is 2.16. The number of carbonyl (C=O) groups is 3. The predicted octanol–water partition coefficient (Wildman–Crippen LogP) is 2.63. The molecule has 0 fully saturated rings. The van der Waals surface area contributed by atoms with Crippen LogP contribution in [0.1, 0.15) is 48.5 Å². The number of hydrogen-bond donors (Lipinski definition) is 1. The summed E-state index contributed by atoms with van der Waals surface area (Å²) in [5, 5.41) is 8.60. The van der Waals surface area contributed by atoms with Crippen LogP contribution in [0.5, 0.6) is 5.75 Å². The van der Waals surface area contributed by atoms with E-state index in [1.54, 1.807) is 25.1 Å². The molecule has 0 unspecified atom stereocenters. The highest BCUT2D eigenvalue weighted by atomic mass is 16.5. The molecule has 0 saturated heterocycles. The minimum absolute atomic E-state index is 0.0301.